The lowest BCUT2D eigenvalue weighted by atomic mass is 9.91. The van der Waals surface area contributed by atoms with Crippen LogP contribution in [0.3, 0.4) is 0 Å². The lowest BCUT2D eigenvalue weighted by molar-refractivity contribution is 0.548. The van der Waals surface area contributed by atoms with Crippen LogP contribution in [0, 0.1) is 0 Å². The summed E-state index contributed by atoms with van der Waals surface area (Å²) in [7, 11) is 0. The SMILES string of the molecule is CC(C)(C)c1cccc2ccnn12.CC(C)(C)c1nc2c(s1)CCCC2.CC(C)(C)c1nc2ccncc2[nH]1. The van der Waals surface area contributed by atoms with Gasteiger partial charge in [0.2, 0.25) is 0 Å². The minimum Gasteiger partial charge on any atom is -0.340 e. The minimum atomic E-state index is 0.0685. The van der Waals surface area contributed by atoms with Crippen LogP contribution >= 0.6 is 11.3 Å². The maximum atomic E-state index is 4.74. The zero-order valence-electron chi connectivity index (χ0n) is 25.1. The van der Waals surface area contributed by atoms with E-state index in [2.05, 4.69) is 101 Å². The Morgan fingerprint density at radius 2 is 1.54 bits per heavy atom. The highest BCUT2D eigenvalue weighted by atomic mass is 32.1. The van der Waals surface area contributed by atoms with Crippen LogP contribution in [-0.4, -0.2) is 29.5 Å². The quantitative estimate of drug-likeness (QED) is 0.213. The maximum absolute atomic E-state index is 4.74. The number of imidazole rings is 1. The first-order valence-electron chi connectivity index (χ1n) is 14.0. The fourth-order valence-corrected chi connectivity index (χ4v) is 5.61. The highest BCUT2D eigenvalue weighted by Gasteiger charge is 2.22. The van der Waals surface area contributed by atoms with E-state index in [0.29, 0.717) is 0 Å². The molecule has 1 aliphatic carbocycles. The summed E-state index contributed by atoms with van der Waals surface area (Å²) >= 11 is 1.93. The molecule has 5 aromatic heterocycles. The van der Waals surface area contributed by atoms with Crippen LogP contribution in [0.15, 0.2) is 48.9 Å². The van der Waals surface area contributed by atoms with Crippen molar-refractivity contribution >= 4 is 27.9 Å². The van der Waals surface area contributed by atoms with Gasteiger partial charge in [0.25, 0.3) is 0 Å². The van der Waals surface area contributed by atoms with Crippen LogP contribution < -0.4 is 0 Å². The summed E-state index contributed by atoms with van der Waals surface area (Å²) in [4.78, 5) is 18.1. The van der Waals surface area contributed by atoms with Gasteiger partial charge >= 0.3 is 0 Å². The summed E-state index contributed by atoms with van der Waals surface area (Å²) in [6, 6.07) is 10.2. The smallest absolute Gasteiger partial charge is 0.112 e. The summed E-state index contributed by atoms with van der Waals surface area (Å²) in [6.07, 6.45) is 10.6. The third-order valence-electron chi connectivity index (χ3n) is 6.67. The molecule has 0 atom stereocenters. The molecule has 6 rings (SSSR count). The normalized spacial score (nSPS) is 13.9. The zero-order valence-corrected chi connectivity index (χ0v) is 25.9. The van der Waals surface area contributed by atoms with Crippen LogP contribution in [0.25, 0.3) is 16.6 Å². The second-order valence-corrected chi connectivity index (χ2v) is 14.5. The maximum Gasteiger partial charge on any atom is 0.112 e. The van der Waals surface area contributed by atoms with Crippen molar-refractivity contribution in [2.75, 3.05) is 0 Å². The van der Waals surface area contributed by atoms with E-state index in [1.165, 1.54) is 42.1 Å². The third kappa shape index (κ3) is 7.13. The predicted octanol–water partition coefficient (Wildman–Crippen LogP) is 8.21. The van der Waals surface area contributed by atoms with Gasteiger partial charge < -0.3 is 4.98 Å². The van der Waals surface area contributed by atoms with Crippen molar-refractivity contribution in [2.45, 2.75) is 104 Å². The molecule has 0 unspecified atom stereocenters. The second kappa shape index (κ2) is 11.2. The molecule has 39 heavy (non-hydrogen) atoms. The lowest BCUT2D eigenvalue weighted by Crippen LogP contribution is -2.16. The summed E-state index contributed by atoms with van der Waals surface area (Å²) < 4.78 is 2.00. The molecule has 0 spiro atoms. The summed E-state index contributed by atoms with van der Waals surface area (Å²) in [5, 5.41) is 5.62. The van der Waals surface area contributed by atoms with Crippen molar-refractivity contribution in [3.8, 4) is 0 Å². The number of thiazole rings is 1. The predicted molar refractivity (Wildman–Crippen MR) is 164 cm³/mol. The molecule has 1 aliphatic rings. The van der Waals surface area contributed by atoms with E-state index in [1.807, 2.05) is 34.2 Å². The molecule has 208 valence electrons. The first-order valence-corrected chi connectivity index (χ1v) is 14.8. The van der Waals surface area contributed by atoms with Gasteiger partial charge in [-0.1, -0.05) is 68.4 Å². The Labute approximate surface area is 237 Å². The van der Waals surface area contributed by atoms with E-state index < -0.39 is 0 Å². The molecule has 0 fully saturated rings. The van der Waals surface area contributed by atoms with Crippen LogP contribution in [0.2, 0.25) is 0 Å². The number of aryl methyl sites for hydroxylation is 2. The molecule has 5 heterocycles. The molecule has 0 amide bonds. The number of rotatable bonds is 0. The molecule has 0 aromatic carbocycles. The van der Waals surface area contributed by atoms with Crippen molar-refractivity contribution in [3.05, 3.63) is 76.0 Å². The van der Waals surface area contributed by atoms with Gasteiger partial charge in [-0.2, -0.15) is 5.10 Å². The lowest BCUT2D eigenvalue weighted by Gasteiger charge is -2.19. The Kier molecular flexibility index (Phi) is 8.31. The molecule has 0 aliphatic heterocycles. The topological polar surface area (TPSA) is 71.8 Å². The van der Waals surface area contributed by atoms with E-state index in [0.717, 1.165) is 22.4 Å². The highest BCUT2D eigenvalue weighted by molar-refractivity contribution is 7.11. The molecular formula is C32H44N6S. The van der Waals surface area contributed by atoms with Gasteiger partial charge in [0.15, 0.2) is 0 Å². The van der Waals surface area contributed by atoms with Gasteiger partial charge in [-0.3, -0.25) is 4.98 Å². The highest BCUT2D eigenvalue weighted by Crippen LogP contribution is 2.33. The zero-order chi connectivity index (χ0) is 28.4. The molecular weight excluding hydrogens is 500 g/mol. The van der Waals surface area contributed by atoms with Gasteiger partial charge in [-0.15, -0.1) is 11.3 Å². The number of H-pyrrole nitrogens is 1. The molecule has 0 radical (unpaired) electrons. The van der Waals surface area contributed by atoms with E-state index >= 15 is 0 Å². The second-order valence-electron chi connectivity index (χ2n) is 13.4. The van der Waals surface area contributed by atoms with Gasteiger partial charge in [-0.05, 0) is 49.9 Å². The molecule has 1 N–H and O–H groups in total. The van der Waals surface area contributed by atoms with E-state index in [-0.39, 0.29) is 16.2 Å². The number of nitrogens with one attached hydrogen (secondary N) is 1. The van der Waals surface area contributed by atoms with Crippen LogP contribution in [0.1, 0.15) is 102 Å². The summed E-state index contributed by atoms with van der Waals surface area (Å²) in [5.74, 6) is 1.01. The Morgan fingerprint density at radius 3 is 2.18 bits per heavy atom. The van der Waals surface area contributed by atoms with Crippen molar-refractivity contribution in [1.82, 2.24) is 29.5 Å². The average Bonchev–Trinajstić information content (AvgIpc) is 3.61. The Balaban J connectivity index is 0.000000136. The molecule has 5 aromatic rings. The number of aromatic amines is 1. The van der Waals surface area contributed by atoms with Crippen molar-refractivity contribution in [1.29, 1.82) is 0 Å². The fourth-order valence-electron chi connectivity index (χ4n) is 4.40. The number of hydrogen-bond donors (Lipinski definition) is 1. The molecule has 7 heteroatoms. The van der Waals surface area contributed by atoms with Crippen LogP contribution in [-0.2, 0) is 29.1 Å². The van der Waals surface area contributed by atoms with E-state index in [4.69, 9.17) is 4.98 Å². The van der Waals surface area contributed by atoms with Gasteiger partial charge in [0, 0.05) is 39.2 Å². The van der Waals surface area contributed by atoms with Crippen molar-refractivity contribution in [3.63, 3.8) is 0 Å². The fraction of sp³-hybridized carbons (Fsp3) is 0.500. The number of hydrogen-bond acceptors (Lipinski definition) is 5. The third-order valence-corrected chi connectivity index (χ3v) is 8.25. The number of fused-ring (bicyclic) bond motifs is 3. The Morgan fingerprint density at radius 1 is 0.795 bits per heavy atom. The van der Waals surface area contributed by atoms with Gasteiger partial charge in [-0.25, -0.2) is 14.5 Å². The molecule has 0 saturated heterocycles. The number of pyridine rings is 2. The first kappa shape index (κ1) is 28.9. The molecule has 6 nitrogen and oxygen atoms in total. The van der Waals surface area contributed by atoms with Crippen LogP contribution in [0.5, 0.6) is 0 Å². The Bertz CT molecular complexity index is 1460. The first-order chi connectivity index (χ1) is 18.2. The Hall–Kier alpha value is -3.06. The van der Waals surface area contributed by atoms with Crippen LogP contribution in [0.4, 0.5) is 0 Å². The van der Waals surface area contributed by atoms with E-state index in [9.17, 15) is 0 Å². The number of nitrogens with zero attached hydrogens (tertiary/aromatic N) is 5. The minimum absolute atomic E-state index is 0.0685. The average molecular weight is 545 g/mol. The summed E-state index contributed by atoms with van der Waals surface area (Å²) in [5.41, 5.74) is 6.24. The van der Waals surface area contributed by atoms with Gasteiger partial charge in [0.05, 0.1) is 33.4 Å². The summed E-state index contributed by atoms with van der Waals surface area (Å²) in [6.45, 7) is 19.7. The molecule has 0 saturated carbocycles. The standard InChI is InChI=1S/C11H14N2.C11H17NS.C10H13N3/c1-11(2,3)10-6-4-5-9-7-8-12-13(9)10;1-11(2,3)10-12-8-6-4-5-7-9(8)13-10;1-10(2,3)9-12-7-4-5-11-6-8(7)13-9/h4-8H,1-3H3;4-7H2,1-3H3;4-6H,1-3H3,(H,12,13). The van der Waals surface area contributed by atoms with Crippen molar-refractivity contribution < 1.29 is 0 Å². The monoisotopic (exact) mass is 544 g/mol. The van der Waals surface area contributed by atoms with E-state index in [1.54, 1.807) is 17.3 Å². The molecule has 0 bridgehead atoms. The van der Waals surface area contributed by atoms with Gasteiger partial charge in [0.1, 0.15) is 5.82 Å². The van der Waals surface area contributed by atoms with Crippen molar-refractivity contribution in [2.24, 2.45) is 0 Å². The number of aromatic nitrogens is 6. The largest absolute Gasteiger partial charge is 0.340 e.